The van der Waals surface area contributed by atoms with Crippen LogP contribution in [0.2, 0.25) is 0 Å². The lowest BCUT2D eigenvalue weighted by Crippen LogP contribution is -2.30. The van der Waals surface area contributed by atoms with Gasteiger partial charge in [0.15, 0.2) is 23.0 Å². The van der Waals surface area contributed by atoms with E-state index in [-0.39, 0.29) is 11.3 Å². The van der Waals surface area contributed by atoms with Gasteiger partial charge in [-0.15, -0.1) is 0 Å². The zero-order chi connectivity index (χ0) is 37.1. The molecule has 9 aromatic rings. The summed E-state index contributed by atoms with van der Waals surface area (Å²) >= 11 is 0. The number of benzene rings is 4. The van der Waals surface area contributed by atoms with Gasteiger partial charge in [0.25, 0.3) is 0 Å². The molecule has 278 valence electrons. The molecule has 58 heavy (non-hydrogen) atoms. The van der Waals surface area contributed by atoms with Gasteiger partial charge < -0.3 is 33.9 Å². The van der Waals surface area contributed by atoms with Gasteiger partial charge in [0.05, 0.1) is 22.4 Å². The second-order valence-corrected chi connectivity index (χ2v) is 18.8. The fourth-order valence-corrected chi connectivity index (χ4v) is 14.4. The van der Waals surface area contributed by atoms with Gasteiger partial charge >= 0.3 is 0 Å². The molecule has 4 bridgehead atoms. The lowest BCUT2D eigenvalue weighted by atomic mass is 9.65. The monoisotopic (exact) mass is 753 g/mol. The van der Waals surface area contributed by atoms with Crippen LogP contribution >= 0.6 is 0 Å². The second kappa shape index (κ2) is 9.06. The molecule has 0 spiro atoms. The highest BCUT2D eigenvalue weighted by molar-refractivity contribution is 6.45. The van der Waals surface area contributed by atoms with Crippen LogP contribution in [0.15, 0.2) is 36.7 Å². The molecule has 0 saturated heterocycles. The van der Waals surface area contributed by atoms with E-state index < -0.39 is 0 Å². The van der Waals surface area contributed by atoms with Crippen LogP contribution in [0.5, 0.6) is 23.0 Å². The van der Waals surface area contributed by atoms with Crippen LogP contribution in [-0.4, -0.2) is 41.4 Å². The van der Waals surface area contributed by atoms with E-state index in [0.717, 1.165) is 70.6 Å². The van der Waals surface area contributed by atoms with Crippen molar-refractivity contribution in [2.24, 2.45) is 5.41 Å². The van der Waals surface area contributed by atoms with Crippen molar-refractivity contribution < 1.29 is 18.9 Å². The van der Waals surface area contributed by atoms with Crippen LogP contribution < -0.4 is 24.2 Å². The Morgan fingerprint density at radius 3 is 2.26 bits per heavy atom. The van der Waals surface area contributed by atoms with Gasteiger partial charge in [-0.3, -0.25) is 0 Å². The highest BCUT2D eigenvalue weighted by atomic mass is 16.6. The van der Waals surface area contributed by atoms with Crippen LogP contribution in [0.25, 0.3) is 82.7 Å². The summed E-state index contributed by atoms with van der Waals surface area (Å²) in [6, 6.07) is 10.1. The lowest BCUT2D eigenvalue weighted by Gasteiger charge is -2.37. The van der Waals surface area contributed by atoms with Crippen molar-refractivity contribution in [1.82, 2.24) is 15.0 Å². The molecule has 3 aromatic heterocycles. The minimum atomic E-state index is -0.344. The summed E-state index contributed by atoms with van der Waals surface area (Å²) in [7, 11) is 0. The van der Waals surface area contributed by atoms with E-state index in [1.807, 2.05) is 12.4 Å². The molecular weight excluding hydrogens is 719 g/mol. The molecule has 17 rings (SSSR count). The van der Waals surface area contributed by atoms with E-state index >= 15 is 0 Å². The molecule has 0 radical (unpaired) electrons. The number of nitrogens with one attached hydrogen (secondary N) is 3. The number of hydrogen-bond acceptors (Lipinski definition) is 4. The average molecular weight is 754 g/mol. The third-order valence-corrected chi connectivity index (χ3v) is 16.4. The number of rotatable bonds is 2. The third-order valence-electron chi connectivity index (χ3n) is 16.4. The molecule has 0 fully saturated rings. The quantitative estimate of drug-likeness (QED) is 0.121. The summed E-state index contributed by atoms with van der Waals surface area (Å²) in [6.45, 7) is 4.59. The number of ether oxygens (including phenoxy) is 4. The summed E-state index contributed by atoms with van der Waals surface area (Å²) in [5, 5.41) is 17.5. The largest absolute Gasteiger partial charge is 0.485 e. The standard InChI is InChI=1S/C51H35N3O4/c1-20-28-14-26-12-24-9-21-8-23-11-25-13-27-16-51(20,17-30-39(28)43-37(26)35(24)40-29(10-21)34(23)42-36(25)38(27)41(30)45(43)44(40)42)3-2-22-15-31(47-49-32(18-52-47)55-4-6-57-49)54-46(22)48-50-33(19-53-48)56-5-7-58-50/h8,10,14-15,17-20,24-25,27,52-54H,4-7,9,11-13,16H2,1H3. The number of aromatic nitrogens is 3. The van der Waals surface area contributed by atoms with Crippen molar-refractivity contribution in [2.75, 3.05) is 26.4 Å². The van der Waals surface area contributed by atoms with Crippen LogP contribution in [0.4, 0.5) is 0 Å². The minimum absolute atomic E-state index is 0.242. The summed E-state index contributed by atoms with van der Waals surface area (Å²) in [6.07, 6.45) is 12.2. The Balaban J connectivity index is 0.961. The van der Waals surface area contributed by atoms with Crippen LogP contribution in [0, 0.1) is 17.3 Å². The van der Waals surface area contributed by atoms with E-state index in [0.29, 0.717) is 44.2 Å². The van der Waals surface area contributed by atoms with Gasteiger partial charge in [-0.25, -0.2) is 0 Å². The van der Waals surface area contributed by atoms with Gasteiger partial charge in [0, 0.05) is 18.3 Å². The highest BCUT2D eigenvalue weighted by Crippen LogP contribution is 2.66. The Morgan fingerprint density at radius 1 is 0.638 bits per heavy atom. The smallest absolute Gasteiger partial charge is 0.188 e. The van der Waals surface area contributed by atoms with Crippen molar-refractivity contribution in [3.8, 4) is 57.6 Å². The van der Waals surface area contributed by atoms with Crippen molar-refractivity contribution in [2.45, 2.75) is 62.7 Å². The zero-order valence-electron chi connectivity index (χ0n) is 31.8. The molecule has 5 unspecified atom stereocenters. The molecule has 8 aliphatic rings. The molecule has 2 aliphatic heterocycles. The normalized spacial score (nSPS) is 25.7. The highest BCUT2D eigenvalue weighted by Gasteiger charge is 2.50. The predicted molar refractivity (Wildman–Crippen MR) is 225 cm³/mol. The Morgan fingerprint density at radius 2 is 1.38 bits per heavy atom. The lowest BCUT2D eigenvalue weighted by molar-refractivity contribution is 0.174. The van der Waals surface area contributed by atoms with Crippen molar-refractivity contribution in [3.63, 3.8) is 0 Å². The Kier molecular flexibility index (Phi) is 4.53. The molecular formula is C51H35N3O4. The molecule has 5 heterocycles. The fraction of sp³-hybridized carbons (Fsp3) is 0.294. The van der Waals surface area contributed by atoms with Crippen molar-refractivity contribution in [3.05, 3.63) is 86.4 Å². The Hall–Kier alpha value is -6.26. The maximum Gasteiger partial charge on any atom is 0.188 e. The number of fused-ring (bicyclic) bond motifs is 4. The van der Waals surface area contributed by atoms with Gasteiger partial charge in [-0.1, -0.05) is 43.0 Å². The maximum atomic E-state index is 6.23. The number of aromatic amines is 3. The first-order valence-electron chi connectivity index (χ1n) is 21.4. The summed E-state index contributed by atoms with van der Waals surface area (Å²) in [4.78, 5) is 10.7. The maximum absolute atomic E-state index is 6.23. The van der Waals surface area contributed by atoms with E-state index in [1.54, 1.807) is 87.2 Å². The first kappa shape index (κ1) is 29.0. The van der Waals surface area contributed by atoms with Gasteiger partial charge in [0.1, 0.15) is 37.8 Å². The number of hydrogen-bond donors (Lipinski definition) is 3. The fourth-order valence-electron chi connectivity index (χ4n) is 14.4. The molecule has 0 amide bonds. The molecule has 7 nitrogen and oxygen atoms in total. The van der Waals surface area contributed by atoms with Gasteiger partial charge in [-0.05, 0) is 154 Å². The zero-order valence-corrected chi connectivity index (χ0v) is 31.8. The van der Waals surface area contributed by atoms with Crippen LogP contribution in [0.1, 0.15) is 87.9 Å². The van der Waals surface area contributed by atoms with E-state index in [9.17, 15) is 0 Å². The Bertz CT molecular complexity index is 3620. The van der Waals surface area contributed by atoms with Crippen LogP contribution in [0.3, 0.4) is 0 Å². The SMILES string of the molecule is CC1c2cc3c4c5c6c7cc(cc8c7c7c9c%10c%11c(c2c4c%11c67)=CC1(C#Cc1cc(-c2[nH]cc4c2OCCO4)[nH]c1-c1[nH]cc2c1OCCO2)CC%10CC9C8)CC5C3. The molecule has 6 aliphatic carbocycles. The Labute approximate surface area is 331 Å². The molecule has 6 aromatic carbocycles. The van der Waals surface area contributed by atoms with Gasteiger partial charge in [-0.2, -0.15) is 0 Å². The van der Waals surface area contributed by atoms with Crippen molar-refractivity contribution >= 4 is 59.9 Å². The van der Waals surface area contributed by atoms with Crippen LogP contribution in [-0.2, 0) is 19.3 Å². The van der Waals surface area contributed by atoms with Gasteiger partial charge in [0.2, 0.25) is 0 Å². The van der Waals surface area contributed by atoms with E-state index in [1.165, 1.54) is 23.6 Å². The average Bonchev–Trinajstić information content (AvgIpc) is 4.10. The summed E-state index contributed by atoms with van der Waals surface area (Å²) in [5.41, 5.74) is 15.4. The molecule has 0 saturated carbocycles. The molecule has 7 heteroatoms. The first-order chi connectivity index (χ1) is 28.6. The first-order valence-corrected chi connectivity index (χ1v) is 21.4. The molecule has 5 atom stereocenters. The minimum Gasteiger partial charge on any atom is -0.485 e. The molecule has 3 N–H and O–H groups in total. The number of H-pyrrole nitrogens is 3. The van der Waals surface area contributed by atoms with E-state index in [2.05, 4.69) is 64.1 Å². The summed E-state index contributed by atoms with van der Waals surface area (Å²) in [5.74, 6) is 12.8. The van der Waals surface area contributed by atoms with Crippen molar-refractivity contribution in [1.29, 1.82) is 0 Å². The van der Waals surface area contributed by atoms with E-state index in [4.69, 9.17) is 18.9 Å². The topological polar surface area (TPSA) is 84.3 Å². The second-order valence-electron chi connectivity index (χ2n) is 18.8. The summed E-state index contributed by atoms with van der Waals surface area (Å²) < 4.78 is 24.3. The third kappa shape index (κ3) is 2.96. The predicted octanol–water partition coefficient (Wildman–Crippen LogP) is 9.57.